The summed E-state index contributed by atoms with van der Waals surface area (Å²) in [6, 6.07) is 4.76. The Morgan fingerprint density at radius 3 is 2.89 bits per heavy atom. The first kappa shape index (κ1) is 11.2. The quantitative estimate of drug-likeness (QED) is 0.738. The molecule has 0 unspecified atom stereocenters. The van der Waals surface area contributed by atoms with Crippen LogP contribution in [0.4, 0.5) is 0 Å². The summed E-state index contributed by atoms with van der Waals surface area (Å²) < 4.78 is 1.35. The normalized spacial score (nSPS) is 10.9. The molecule has 0 saturated heterocycles. The minimum absolute atomic E-state index is 0.423. The van der Waals surface area contributed by atoms with Gasteiger partial charge in [0, 0.05) is 23.8 Å². The van der Waals surface area contributed by atoms with Gasteiger partial charge in [0.2, 0.25) is 0 Å². The summed E-state index contributed by atoms with van der Waals surface area (Å²) in [6.07, 6.45) is 3.04. The molecule has 0 aliphatic heterocycles. The lowest BCUT2D eigenvalue weighted by molar-refractivity contribution is 0.910. The van der Waals surface area contributed by atoms with Crippen LogP contribution in [0.15, 0.2) is 40.2 Å². The topological polar surface area (TPSA) is 67.8 Å². The highest BCUT2D eigenvalue weighted by Gasteiger charge is 2.08. The molecule has 0 bridgehead atoms. The maximum Gasteiger partial charge on any atom is 0.333 e. The van der Waals surface area contributed by atoms with E-state index in [1.807, 2.05) is 0 Å². The lowest BCUT2D eigenvalue weighted by atomic mass is 10.3. The van der Waals surface area contributed by atoms with Crippen LogP contribution >= 0.6 is 22.9 Å². The van der Waals surface area contributed by atoms with E-state index in [0.717, 1.165) is 10.2 Å². The average Bonchev–Trinajstić information content (AvgIpc) is 2.74. The van der Waals surface area contributed by atoms with E-state index in [4.69, 9.17) is 11.6 Å². The van der Waals surface area contributed by atoms with E-state index in [9.17, 15) is 9.59 Å². The summed E-state index contributed by atoms with van der Waals surface area (Å²) in [5, 5.41) is 2.03. The minimum Gasteiger partial charge on any atom is -0.274 e. The monoisotopic (exact) mass is 279 g/mol. The number of thiophene rings is 1. The van der Waals surface area contributed by atoms with Crippen molar-refractivity contribution in [3.8, 4) is 5.00 Å². The van der Waals surface area contributed by atoms with E-state index in [1.54, 1.807) is 18.3 Å². The molecule has 0 spiro atoms. The van der Waals surface area contributed by atoms with Gasteiger partial charge in [-0.1, -0.05) is 22.9 Å². The Morgan fingerprint density at radius 2 is 2.17 bits per heavy atom. The zero-order chi connectivity index (χ0) is 12.7. The molecule has 90 valence electrons. The predicted molar refractivity (Wildman–Crippen MR) is 70.8 cm³/mol. The highest BCUT2D eigenvalue weighted by Crippen LogP contribution is 2.30. The van der Waals surface area contributed by atoms with E-state index in [1.165, 1.54) is 28.2 Å². The molecule has 1 N–H and O–H groups in total. The maximum absolute atomic E-state index is 11.7. The van der Waals surface area contributed by atoms with Gasteiger partial charge in [-0.25, -0.2) is 9.78 Å². The van der Waals surface area contributed by atoms with Crippen molar-refractivity contribution in [3.63, 3.8) is 0 Å². The van der Waals surface area contributed by atoms with E-state index in [0.29, 0.717) is 10.0 Å². The molecular weight excluding hydrogens is 274 g/mol. The molecule has 7 heteroatoms. The molecule has 0 aliphatic carbocycles. The molecular formula is C11H6ClN3O2S. The van der Waals surface area contributed by atoms with Gasteiger partial charge in [-0.05, 0) is 12.1 Å². The van der Waals surface area contributed by atoms with Crippen LogP contribution in [-0.2, 0) is 0 Å². The third-order valence-electron chi connectivity index (χ3n) is 2.43. The number of halogens is 1. The van der Waals surface area contributed by atoms with Crippen molar-refractivity contribution in [2.45, 2.75) is 0 Å². The molecule has 18 heavy (non-hydrogen) atoms. The lowest BCUT2D eigenvalue weighted by Crippen LogP contribution is -2.26. The number of hydrogen-bond acceptors (Lipinski definition) is 4. The maximum atomic E-state index is 11.7. The van der Waals surface area contributed by atoms with Crippen LogP contribution in [0.1, 0.15) is 0 Å². The highest BCUT2D eigenvalue weighted by molar-refractivity contribution is 7.21. The first-order valence-electron chi connectivity index (χ1n) is 5.01. The second-order valence-corrected chi connectivity index (χ2v) is 4.99. The van der Waals surface area contributed by atoms with Crippen LogP contribution in [0.2, 0.25) is 5.02 Å². The molecule has 0 fully saturated rings. The van der Waals surface area contributed by atoms with Crippen LogP contribution in [0.5, 0.6) is 0 Å². The molecule has 3 heterocycles. The van der Waals surface area contributed by atoms with Crippen molar-refractivity contribution in [1.82, 2.24) is 14.5 Å². The zero-order valence-electron chi connectivity index (χ0n) is 8.88. The van der Waals surface area contributed by atoms with Gasteiger partial charge in [-0.2, -0.15) is 0 Å². The van der Waals surface area contributed by atoms with Crippen molar-refractivity contribution in [2.75, 3.05) is 0 Å². The average molecular weight is 280 g/mol. The second-order valence-electron chi connectivity index (χ2n) is 3.58. The first-order valence-corrected chi connectivity index (χ1v) is 6.21. The molecule has 0 radical (unpaired) electrons. The van der Waals surface area contributed by atoms with E-state index in [-0.39, 0.29) is 0 Å². The Morgan fingerprint density at radius 1 is 1.33 bits per heavy atom. The number of nitrogens with zero attached hydrogens (tertiary/aromatic N) is 2. The molecule has 0 aliphatic rings. The smallest absolute Gasteiger partial charge is 0.274 e. The second kappa shape index (κ2) is 4.08. The van der Waals surface area contributed by atoms with Gasteiger partial charge >= 0.3 is 5.69 Å². The minimum atomic E-state index is -0.481. The van der Waals surface area contributed by atoms with Crippen LogP contribution in [0.25, 0.3) is 15.2 Å². The Balaban J connectivity index is 2.29. The number of fused-ring (bicyclic) bond motifs is 1. The Labute approximate surface area is 109 Å². The van der Waals surface area contributed by atoms with Crippen molar-refractivity contribution in [3.05, 3.63) is 56.5 Å². The standard InChI is InChI=1S/C11H6ClN3O2S/c12-7-1-3-13-10-6(7)5-9(18-10)15-4-2-8(16)14-11(15)17/h1-5H,(H,14,16,17). The lowest BCUT2D eigenvalue weighted by Gasteiger charge is -1.98. The predicted octanol–water partition coefficient (Wildman–Crippen LogP) is 1.79. The van der Waals surface area contributed by atoms with Gasteiger partial charge in [0.05, 0.1) is 5.02 Å². The third-order valence-corrected chi connectivity index (χ3v) is 3.80. The third kappa shape index (κ3) is 1.75. The largest absolute Gasteiger partial charge is 0.333 e. The molecule has 0 amide bonds. The first-order chi connectivity index (χ1) is 8.65. The van der Waals surface area contributed by atoms with Crippen molar-refractivity contribution in [1.29, 1.82) is 0 Å². The summed E-state index contributed by atoms with van der Waals surface area (Å²) in [7, 11) is 0. The van der Waals surface area contributed by atoms with Crippen molar-refractivity contribution < 1.29 is 0 Å². The van der Waals surface area contributed by atoms with Gasteiger partial charge in [0.15, 0.2) is 0 Å². The summed E-state index contributed by atoms with van der Waals surface area (Å²) in [5.74, 6) is 0. The number of nitrogens with one attached hydrogen (secondary N) is 1. The number of rotatable bonds is 1. The SMILES string of the molecule is O=c1ccn(-c2cc3c(Cl)ccnc3s2)c(=O)[nH]1. The summed E-state index contributed by atoms with van der Waals surface area (Å²) >= 11 is 7.37. The number of H-pyrrole nitrogens is 1. The summed E-state index contributed by atoms with van der Waals surface area (Å²) in [6.45, 7) is 0. The number of aromatic amines is 1. The van der Waals surface area contributed by atoms with Gasteiger partial charge in [-0.3, -0.25) is 14.3 Å². The fourth-order valence-electron chi connectivity index (χ4n) is 1.61. The molecule has 0 atom stereocenters. The molecule has 0 saturated carbocycles. The van der Waals surface area contributed by atoms with E-state index >= 15 is 0 Å². The highest BCUT2D eigenvalue weighted by atomic mass is 35.5. The fourth-order valence-corrected chi connectivity index (χ4v) is 2.87. The number of aromatic nitrogens is 3. The summed E-state index contributed by atoms with van der Waals surface area (Å²) in [5.41, 5.74) is -0.904. The molecule has 3 aromatic rings. The fraction of sp³-hybridized carbons (Fsp3) is 0. The zero-order valence-corrected chi connectivity index (χ0v) is 10.5. The van der Waals surface area contributed by atoms with Gasteiger partial charge in [0.1, 0.15) is 9.83 Å². The van der Waals surface area contributed by atoms with E-state index < -0.39 is 11.2 Å². The Hall–Kier alpha value is -1.92. The molecule has 0 aromatic carbocycles. The van der Waals surface area contributed by atoms with Crippen LogP contribution in [0.3, 0.4) is 0 Å². The van der Waals surface area contributed by atoms with E-state index in [2.05, 4.69) is 9.97 Å². The number of pyridine rings is 1. The Kier molecular flexibility index (Phi) is 2.53. The van der Waals surface area contributed by atoms with Gasteiger partial charge in [0.25, 0.3) is 5.56 Å². The van der Waals surface area contributed by atoms with Crippen LogP contribution in [0, 0.1) is 0 Å². The van der Waals surface area contributed by atoms with Crippen LogP contribution in [-0.4, -0.2) is 14.5 Å². The van der Waals surface area contributed by atoms with Crippen molar-refractivity contribution >= 4 is 33.2 Å². The Bertz CT molecular complexity index is 849. The molecule has 3 rings (SSSR count). The van der Waals surface area contributed by atoms with Gasteiger partial charge in [-0.15, -0.1) is 0 Å². The molecule has 3 aromatic heterocycles. The van der Waals surface area contributed by atoms with Crippen LogP contribution < -0.4 is 11.2 Å². The summed E-state index contributed by atoms with van der Waals surface area (Å²) in [4.78, 5) is 29.8. The van der Waals surface area contributed by atoms with Gasteiger partial charge < -0.3 is 0 Å². The molecule has 5 nitrogen and oxygen atoms in total. The number of hydrogen-bond donors (Lipinski definition) is 1. The van der Waals surface area contributed by atoms with Crippen molar-refractivity contribution in [2.24, 2.45) is 0 Å².